The number of hydrogen-bond donors (Lipinski definition) is 2. The maximum atomic E-state index is 12.3. The number of benzene rings is 1. The molecule has 1 saturated heterocycles. The first-order chi connectivity index (χ1) is 10.6. The molecule has 0 aliphatic carbocycles. The van der Waals surface area contributed by atoms with Crippen molar-refractivity contribution in [1.29, 1.82) is 0 Å². The minimum absolute atomic E-state index is 0.0912. The van der Waals surface area contributed by atoms with Gasteiger partial charge in [-0.3, -0.25) is 4.79 Å². The van der Waals surface area contributed by atoms with Gasteiger partial charge in [-0.05, 0) is 38.2 Å². The maximum Gasteiger partial charge on any atom is 0.317 e. The summed E-state index contributed by atoms with van der Waals surface area (Å²) in [6.07, 6.45) is 3.44. The van der Waals surface area contributed by atoms with E-state index in [1.807, 2.05) is 25.1 Å². The summed E-state index contributed by atoms with van der Waals surface area (Å²) in [7, 11) is 0. The lowest BCUT2D eigenvalue weighted by Gasteiger charge is -2.32. The van der Waals surface area contributed by atoms with Crippen molar-refractivity contribution in [2.24, 2.45) is 11.7 Å². The lowest BCUT2D eigenvalue weighted by molar-refractivity contribution is -0.123. The third kappa shape index (κ3) is 4.76. The standard InChI is InChI=1S/C17H25N3O2/c1-13(9-10-14-6-3-2-4-7-14)19-17(22)20-11-5-8-15(12-20)16(18)21/h2-4,6-7,13,15H,5,8-12H2,1H3,(H2,18,21)(H,19,22)/t13-,15+/m0/s1. The molecule has 1 heterocycles. The zero-order chi connectivity index (χ0) is 15.9. The molecule has 1 fully saturated rings. The Balaban J connectivity index is 1.77. The summed E-state index contributed by atoms with van der Waals surface area (Å²) >= 11 is 0. The molecule has 5 heteroatoms. The van der Waals surface area contributed by atoms with E-state index >= 15 is 0 Å². The number of carbonyl (C=O) groups is 2. The molecule has 2 rings (SSSR count). The number of urea groups is 1. The summed E-state index contributed by atoms with van der Waals surface area (Å²) in [5, 5.41) is 3.01. The highest BCUT2D eigenvalue weighted by molar-refractivity contribution is 5.79. The number of rotatable bonds is 5. The number of nitrogens with zero attached hydrogens (tertiary/aromatic N) is 1. The van der Waals surface area contributed by atoms with Crippen molar-refractivity contribution >= 4 is 11.9 Å². The van der Waals surface area contributed by atoms with Crippen molar-refractivity contribution in [3.05, 3.63) is 35.9 Å². The second kappa shape index (κ2) is 7.82. The van der Waals surface area contributed by atoms with Gasteiger partial charge in [0.05, 0.1) is 5.92 Å². The van der Waals surface area contributed by atoms with Crippen molar-refractivity contribution in [1.82, 2.24) is 10.2 Å². The zero-order valence-corrected chi connectivity index (χ0v) is 13.1. The van der Waals surface area contributed by atoms with Gasteiger partial charge >= 0.3 is 6.03 Å². The van der Waals surface area contributed by atoms with Crippen molar-refractivity contribution in [3.8, 4) is 0 Å². The minimum atomic E-state index is -0.311. The molecule has 1 aliphatic heterocycles. The Hall–Kier alpha value is -2.04. The first-order valence-corrected chi connectivity index (χ1v) is 7.95. The number of carbonyl (C=O) groups excluding carboxylic acids is 2. The van der Waals surface area contributed by atoms with Crippen LogP contribution in [0.25, 0.3) is 0 Å². The Bertz CT molecular complexity index is 504. The number of aryl methyl sites for hydroxylation is 1. The van der Waals surface area contributed by atoms with Gasteiger partial charge in [0.25, 0.3) is 0 Å². The van der Waals surface area contributed by atoms with Crippen LogP contribution in [0.5, 0.6) is 0 Å². The van der Waals surface area contributed by atoms with Gasteiger partial charge in [0.2, 0.25) is 5.91 Å². The van der Waals surface area contributed by atoms with E-state index in [1.165, 1.54) is 5.56 Å². The summed E-state index contributed by atoms with van der Waals surface area (Å²) in [5.41, 5.74) is 6.62. The van der Waals surface area contributed by atoms with E-state index < -0.39 is 0 Å². The van der Waals surface area contributed by atoms with E-state index in [0.717, 1.165) is 25.7 Å². The van der Waals surface area contributed by atoms with Crippen LogP contribution in [-0.2, 0) is 11.2 Å². The van der Waals surface area contributed by atoms with Gasteiger partial charge in [-0.15, -0.1) is 0 Å². The number of likely N-dealkylation sites (tertiary alicyclic amines) is 1. The van der Waals surface area contributed by atoms with Crippen molar-refractivity contribution in [2.45, 2.75) is 38.6 Å². The van der Waals surface area contributed by atoms with Gasteiger partial charge in [0.15, 0.2) is 0 Å². The normalized spacial score (nSPS) is 19.5. The summed E-state index contributed by atoms with van der Waals surface area (Å²) < 4.78 is 0. The highest BCUT2D eigenvalue weighted by atomic mass is 16.2. The molecule has 0 radical (unpaired) electrons. The summed E-state index contributed by atoms with van der Waals surface area (Å²) in [5.74, 6) is -0.520. The molecular formula is C17H25N3O2. The van der Waals surface area contributed by atoms with Crippen molar-refractivity contribution in [2.75, 3.05) is 13.1 Å². The highest BCUT2D eigenvalue weighted by Gasteiger charge is 2.27. The average molecular weight is 303 g/mol. The van der Waals surface area contributed by atoms with Crippen LogP contribution in [0.4, 0.5) is 4.79 Å². The van der Waals surface area contributed by atoms with Crippen LogP contribution in [0, 0.1) is 5.92 Å². The van der Waals surface area contributed by atoms with E-state index in [2.05, 4.69) is 17.4 Å². The fourth-order valence-corrected chi connectivity index (χ4v) is 2.80. The average Bonchev–Trinajstić information content (AvgIpc) is 2.54. The molecule has 1 aromatic carbocycles. The van der Waals surface area contributed by atoms with Gasteiger partial charge in [-0.1, -0.05) is 30.3 Å². The lowest BCUT2D eigenvalue weighted by atomic mass is 9.98. The molecular weight excluding hydrogens is 278 g/mol. The monoisotopic (exact) mass is 303 g/mol. The van der Waals surface area contributed by atoms with E-state index in [0.29, 0.717) is 13.1 Å². The molecule has 1 aliphatic rings. The Morgan fingerprint density at radius 2 is 2.09 bits per heavy atom. The largest absolute Gasteiger partial charge is 0.369 e. The number of amides is 3. The van der Waals surface area contributed by atoms with Gasteiger partial charge in [0, 0.05) is 19.1 Å². The Morgan fingerprint density at radius 1 is 1.36 bits per heavy atom. The first-order valence-electron chi connectivity index (χ1n) is 7.95. The fourth-order valence-electron chi connectivity index (χ4n) is 2.80. The fraction of sp³-hybridized carbons (Fsp3) is 0.529. The second-order valence-corrected chi connectivity index (χ2v) is 6.06. The number of nitrogens with one attached hydrogen (secondary N) is 1. The van der Waals surface area contributed by atoms with Crippen LogP contribution >= 0.6 is 0 Å². The molecule has 0 saturated carbocycles. The van der Waals surface area contributed by atoms with Gasteiger partial charge < -0.3 is 16.0 Å². The predicted molar refractivity (Wildman–Crippen MR) is 86.2 cm³/mol. The summed E-state index contributed by atoms with van der Waals surface area (Å²) in [6.45, 7) is 3.14. The minimum Gasteiger partial charge on any atom is -0.369 e. The van der Waals surface area contributed by atoms with Gasteiger partial charge in [-0.2, -0.15) is 0 Å². The maximum absolute atomic E-state index is 12.3. The van der Waals surface area contributed by atoms with Gasteiger partial charge in [-0.25, -0.2) is 4.79 Å². The van der Waals surface area contributed by atoms with Crippen LogP contribution in [0.15, 0.2) is 30.3 Å². The zero-order valence-electron chi connectivity index (χ0n) is 13.1. The number of primary amides is 1. The summed E-state index contributed by atoms with van der Waals surface area (Å²) in [6, 6.07) is 10.2. The molecule has 0 spiro atoms. The SMILES string of the molecule is C[C@@H](CCc1ccccc1)NC(=O)N1CCC[C@@H](C(N)=O)C1. The molecule has 1 aromatic rings. The Labute approximate surface area is 131 Å². The van der Waals surface area contributed by atoms with Crippen LogP contribution in [0.3, 0.4) is 0 Å². The Kier molecular flexibility index (Phi) is 5.81. The van der Waals surface area contributed by atoms with Gasteiger partial charge in [0.1, 0.15) is 0 Å². The second-order valence-electron chi connectivity index (χ2n) is 6.06. The topological polar surface area (TPSA) is 75.4 Å². The Morgan fingerprint density at radius 3 is 2.77 bits per heavy atom. The third-order valence-electron chi connectivity index (χ3n) is 4.19. The number of piperidine rings is 1. The molecule has 0 aromatic heterocycles. The van der Waals surface area contributed by atoms with Crippen molar-refractivity contribution in [3.63, 3.8) is 0 Å². The van der Waals surface area contributed by atoms with Crippen molar-refractivity contribution < 1.29 is 9.59 Å². The smallest absolute Gasteiger partial charge is 0.317 e. The van der Waals surface area contributed by atoms with E-state index in [1.54, 1.807) is 4.90 Å². The third-order valence-corrected chi connectivity index (χ3v) is 4.19. The highest BCUT2D eigenvalue weighted by Crippen LogP contribution is 2.16. The van der Waals surface area contributed by atoms with Crippen LogP contribution in [0.1, 0.15) is 31.7 Å². The molecule has 3 N–H and O–H groups in total. The molecule has 2 atom stereocenters. The quantitative estimate of drug-likeness (QED) is 0.872. The van der Waals surface area contributed by atoms with E-state index in [-0.39, 0.29) is 23.9 Å². The molecule has 22 heavy (non-hydrogen) atoms. The molecule has 0 bridgehead atoms. The summed E-state index contributed by atoms with van der Waals surface area (Å²) in [4.78, 5) is 25.2. The molecule has 3 amide bonds. The predicted octanol–water partition coefficient (Wildman–Crippen LogP) is 1.91. The van der Waals surface area contributed by atoms with E-state index in [4.69, 9.17) is 5.73 Å². The molecule has 5 nitrogen and oxygen atoms in total. The number of hydrogen-bond acceptors (Lipinski definition) is 2. The van der Waals surface area contributed by atoms with Crippen LogP contribution in [0.2, 0.25) is 0 Å². The first kappa shape index (κ1) is 16.3. The van der Waals surface area contributed by atoms with Crippen LogP contribution < -0.4 is 11.1 Å². The lowest BCUT2D eigenvalue weighted by Crippen LogP contribution is -2.50. The molecule has 120 valence electrons. The van der Waals surface area contributed by atoms with Crippen LogP contribution in [-0.4, -0.2) is 36.0 Å². The molecule has 0 unspecified atom stereocenters. The van der Waals surface area contributed by atoms with E-state index in [9.17, 15) is 9.59 Å². The number of nitrogens with two attached hydrogens (primary N) is 1.